The van der Waals surface area contributed by atoms with E-state index in [1.165, 1.54) is 49.6 Å². The zero-order valence-electron chi connectivity index (χ0n) is 19.4. The summed E-state index contributed by atoms with van der Waals surface area (Å²) >= 11 is 0. The number of rotatable bonds is 7. The average molecular weight is 530 g/mol. The molecule has 1 aliphatic rings. The third-order valence-electron chi connectivity index (χ3n) is 5.54. The summed E-state index contributed by atoms with van der Waals surface area (Å²) in [4.78, 5) is 25.2. The van der Waals surface area contributed by atoms with E-state index in [0.717, 1.165) is 11.8 Å². The van der Waals surface area contributed by atoms with Crippen molar-refractivity contribution in [3.05, 3.63) is 83.4 Å². The largest absolute Gasteiger partial charge is 0.497 e. The number of urea groups is 1. The number of nitrogens with one attached hydrogen (secondary N) is 2. The minimum atomic E-state index is -4.29. The van der Waals surface area contributed by atoms with Crippen LogP contribution in [0.4, 0.5) is 10.5 Å². The zero-order chi connectivity index (χ0) is 26.1. The Morgan fingerprint density at radius 2 is 1.75 bits per heavy atom. The molecule has 0 saturated carbocycles. The smallest absolute Gasteiger partial charge is 0.336 e. The molecular formula is C24H23N3O7S2. The number of fused-ring (bicyclic) bond motifs is 1. The number of carbonyl (C=O) groups is 2. The van der Waals surface area contributed by atoms with Crippen LogP contribution in [0.2, 0.25) is 0 Å². The van der Waals surface area contributed by atoms with Crippen LogP contribution in [0.3, 0.4) is 0 Å². The summed E-state index contributed by atoms with van der Waals surface area (Å²) in [7, 11) is -6.18. The van der Waals surface area contributed by atoms with E-state index in [9.17, 15) is 26.4 Å². The first kappa shape index (κ1) is 25.2. The first-order valence-corrected chi connectivity index (χ1v) is 14.0. The Bertz CT molecular complexity index is 1550. The van der Waals surface area contributed by atoms with Crippen LogP contribution in [0, 0.1) is 0 Å². The van der Waals surface area contributed by atoms with Crippen molar-refractivity contribution < 1.29 is 31.2 Å². The molecule has 0 atom stereocenters. The number of hydrogen-bond donors (Lipinski definition) is 2. The van der Waals surface area contributed by atoms with Crippen LogP contribution < -0.4 is 15.4 Å². The maximum Gasteiger partial charge on any atom is 0.336 e. The molecule has 36 heavy (non-hydrogen) atoms. The highest BCUT2D eigenvalue weighted by Crippen LogP contribution is 2.32. The van der Waals surface area contributed by atoms with Gasteiger partial charge in [0.25, 0.3) is 15.9 Å². The zero-order valence-corrected chi connectivity index (χ0v) is 21.0. The van der Waals surface area contributed by atoms with Gasteiger partial charge in [0, 0.05) is 18.4 Å². The monoisotopic (exact) mass is 529 g/mol. The Hall–Kier alpha value is -3.90. The molecule has 3 aromatic carbocycles. The van der Waals surface area contributed by atoms with Crippen LogP contribution >= 0.6 is 0 Å². The van der Waals surface area contributed by atoms with Crippen LogP contribution in [0.15, 0.2) is 76.5 Å². The van der Waals surface area contributed by atoms with Crippen LogP contribution in [-0.2, 0) is 33.0 Å². The Morgan fingerprint density at radius 1 is 1.03 bits per heavy atom. The third-order valence-corrected chi connectivity index (χ3v) is 8.44. The summed E-state index contributed by atoms with van der Waals surface area (Å²) in [6.45, 7) is -0.115. The second-order valence-electron chi connectivity index (χ2n) is 8.10. The lowest BCUT2D eigenvalue weighted by Gasteiger charge is -2.29. The van der Waals surface area contributed by atoms with Crippen molar-refractivity contribution in [3.63, 3.8) is 0 Å². The average Bonchev–Trinajstić information content (AvgIpc) is 2.85. The molecule has 1 aliphatic heterocycles. The number of methoxy groups -OCH3 is 1. The Kier molecular flexibility index (Phi) is 6.74. The lowest BCUT2D eigenvalue weighted by Crippen LogP contribution is -2.43. The van der Waals surface area contributed by atoms with Gasteiger partial charge in [-0.05, 0) is 53.6 Å². The van der Waals surface area contributed by atoms with Gasteiger partial charge in [-0.15, -0.1) is 0 Å². The number of amides is 3. The van der Waals surface area contributed by atoms with Gasteiger partial charge >= 0.3 is 6.03 Å². The summed E-state index contributed by atoms with van der Waals surface area (Å²) in [6.07, 6.45) is 1.06. The molecule has 0 bridgehead atoms. The number of sulfone groups is 1. The van der Waals surface area contributed by atoms with Crippen molar-refractivity contribution in [2.24, 2.45) is 0 Å². The van der Waals surface area contributed by atoms with Gasteiger partial charge in [-0.3, -0.25) is 4.79 Å². The number of benzene rings is 3. The fraction of sp³-hybridized carbons (Fsp3) is 0.167. The summed E-state index contributed by atoms with van der Waals surface area (Å²) in [5, 5.41) is 5.26. The molecule has 10 nitrogen and oxygen atoms in total. The number of sulfonamides is 1. The van der Waals surface area contributed by atoms with E-state index in [2.05, 4.69) is 10.6 Å². The van der Waals surface area contributed by atoms with Crippen LogP contribution in [-0.4, -0.2) is 46.4 Å². The molecule has 0 aliphatic carbocycles. The molecular weight excluding hydrogens is 506 g/mol. The third kappa shape index (κ3) is 5.19. The van der Waals surface area contributed by atoms with E-state index >= 15 is 0 Å². The first-order chi connectivity index (χ1) is 17.0. The highest BCUT2D eigenvalue weighted by Gasteiger charge is 2.37. The van der Waals surface area contributed by atoms with E-state index in [4.69, 9.17) is 4.74 Å². The van der Waals surface area contributed by atoms with Gasteiger partial charge in [-0.25, -0.2) is 25.9 Å². The second kappa shape index (κ2) is 9.63. The SMILES string of the molecule is COc1cccc(CNC(=O)c2ccc3c(c2)S(=O)(=O)N(Cc2ccc(S(C)(=O)=O)cc2)C(=O)N3)c1. The summed E-state index contributed by atoms with van der Waals surface area (Å²) < 4.78 is 55.7. The Morgan fingerprint density at radius 3 is 2.42 bits per heavy atom. The predicted molar refractivity (Wildman–Crippen MR) is 132 cm³/mol. The second-order valence-corrected chi connectivity index (χ2v) is 11.9. The highest BCUT2D eigenvalue weighted by molar-refractivity contribution is 7.90. The lowest BCUT2D eigenvalue weighted by atomic mass is 10.1. The molecule has 0 unspecified atom stereocenters. The fourth-order valence-electron chi connectivity index (χ4n) is 3.62. The molecule has 12 heteroatoms. The molecule has 0 spiro atoms. The number of nitrogens with zero attached hydrogens (tertiary/aromatic N) is 1. The summed E-state index contributed by atoms with van der Waals surface area (Å²) in [5.41, 5.74) is 1.38. The van der Waals surface area contributed by atoms with Gasteiger partial charge in [0.15, 0.2) is 9.84 Å². The van der Waals surface area contributed by atoms with Crippen molar-refractivity contribution in [3.8, 4) is 5.75 Å². The quantitative estimate of drug-likeness (QED) is 0.480. The number of ether oxygens (including phenoxy) is 1. The minimum absolute atomic E-state index is 0.0630. The molecule has 0 radical (unpaired) electrons. The Balaban J connectivity index is 1.55. The highest BCUT2D eigenvalue weighted by atomic mass is 32.2. The van der Waals surface area contributed by atoms with Crippen molar-refractivity contribution >= 4 is 37.5 Å². The van der Waals surface area contributed by atoms with Gasteiger partial charge in [0.2, 0.25) is 0 Å². The van der Waals surface area contributed by atoms with Gasteiger partial charge in [-0.1, -0.05) is 24.3 Å². The fourth-order valence-corrected chi connectivity index (χ4v) is 5.74. The maximum atomic E-state index is 13.3. The number of hydrogen-bond acceptors (Lipinski definition) is 7. The number of carbonyl (C=O) groups excluding carboxylic acids is 2. The molecule has 2 N–H and O–H groups in total. The normalized spacial score (nSPS) is 14.5. The molecule has 3 amide bonds. The van der Waals surface area contributed by atoms with E-state index in [0.29, 0.717) is 15.6 Å². The molecule has 188 valence electrons. The maximum absolute atomic E-state index is 13.3. The van der Waals surface area contributed by atoms with Gasteiger partial charge < -0.3 is 15.4 Å². The van der Waals surface area contributed by atoms with Crippen molar-refractivity contribution in [1.29, 1.82) is 0 Å². The first-order valence-electron chi connectivity index (χ1n) is 10.7. The molecule has 3 aromatic rings. The minimum Gasteiger partial charge on any atom is -0.497 e. The lowest BCUT2D eigenvalue weighted by molar-refractivity contribution is 0.0950. The topological polar surface area (TPSA) is 139 Å². The number of anilines is 1. The van der Waals surface area contributed by atoms with E-state index in [1.54, 1.807) is 18.2 Å². The van der Waals surface area contributed by atoms with Gasteiger partial charge in [0.05, 0.1) is 24.2 Å². The van der Waals surface area contributed by atoms with Crippen LogP contribution in [0.1, 0.15) is 21.5 Å². The van der Waals surface area contributed by atoms with E-state index < -0.39 is 31.8 Å². The summed E-state index contributed by atoms with van der Waals surface area (Å²) in [5.74, 6) is 0.152. The molecule has 1 heterocycles. The molecule has 0 saturated heterocycles. The van der Waals surface area contributed by atoms with Gasteiger partial charge in [-0.2, -0.15) is 0 Å². The van der Waals surface area contributed by atoms with E-state index in [-0.39, 0.29) is 34.1 Å². The van der Waals surface area contributed by atoms with Crippen molar-refractivity contribution in [1.82, 2.24) is 9.62 Å². The van der Waals surface area contributed by atoms with E-state index in [1.807, 2.05) is 6.07 Å². The van der Waals surface area contributed by atoms with Crippen molar-refractivity contribution in [2.75, 3.05) is 18.7 Å². The standard InChI is InChI=1S/C24H23N3O7S2/c1-34-19-5-3-4-17(12-19)14-25-23(28)18-8-11-21-22(13-18)36(32,33)27(24(29)26-21)15-16-6-9-20(10-7-16)35(2,30)31/h3-13H,14-15H2,1-2H3,(H,25,28)(H,26,29). The predicted octanol–water partition coefficient (Wildman–Crippen LogP) is 2.77. The summed E-state index contributed by atoms with van der Waals surface area (Å²) in [6, 6.07) is 15.9. The molecule has 4 rings (SSSR count). The van der Waals surface area contributed by atoms with Gasteiger partial charge in [0.1, 0.15) is 10.6 Å². The molecule has 0 aromatic heterocycles. The molecule has 0 fully saturated rings. The van der Waals surface area contributed by atoms with Crippen molar-refractivity contribution in [2.45, 2.75) is 22.9 Å². The Labute approximate surface area is 208 Å². The van der Waals surface area contributed by atoms with Crippen LogP contribution in [0.25, 0.3) is 0 Å². The van der Waals surface area contributed by atoms with Crippen LogP contribution in [0.5, 0.6) is 5.75 Å².